The monoisotopic (exact) mass is 441 g/mol. The van der Waals surface area contributed by atoms with E-state index < -0.39 is 15.8 Å². The number of aryl methyl sites for hydroxylation is 2. The van der Waals surface area contributed by atoms with Gasteiger partial charge in [-0.2, -0.15) is 0 Å². The minimum atomic E-state index is -3.87. The van der Waals surface area contributed by atoms with E-state index in [0.717, 1.165) is 17.3 Å². The Morgan fingerprint density at radius 3 is 2.16 bits per heavy atom. The van der Waals surface area contributed by atoms with Gasteiger partial charge in [0.2, 0.25) is 0 Å². The molecule has 0 aliphatic carbocycles. The van der Waals surface area contributed by atoms with Crippen LogP contribution in [-0.2, 0) is 10.0 Å². The summed E-state index contributed by atoms with van der Waals surface area (Å²) in [6, 6.07) is 15.4. The van der Waals surface area contributed by atoms with Crippen molar-refractivity contribution in [3.8, 4) is 0 Å². The molecule has 0 saturated carbocycles. The zero-order chi connectivity index (χ0) is 22.8. The number of anilines is 3. The number of nitrogens with one attached hydrogen (secondary N) is 2. The number of halogens is 1. The Kier molecular flexibility index (Phi) is 6.31. The van der Waals surface area contributed by atoms with Crippen molar-refractivity contribution in [3.05, 3.63) is 83.2 Å². The van der Waals surface area contributed by atoms with E-state index in [9.17, 15) is 17.6 Å². The van der Waals surface area contributed by atoms with Gasteiger partial charge in [0, 0.05) is 36.7 Å². The van der Waals surface area contributed by atoms with Gasteiger partial charge in [-0.3, -0.25) is 9.52 Å². The smallest absolute Gasteiger partial charge is 0.261 e. The number of benzene rings is 3. The normalized spacial score (nSPS) is 11.1. The van der Waals surface area contributed by atoms with Gasteiger partial charge in [-0.25, -0.2) is 12.8 Å². The molecule has 6 nitrogen and oxygen atoms in total. The molecule has 0 aromatic heterocycles. The summed E-state index contributed by atoms with van der Waals surface area (Å²) in [6.45, 7) is 3.41. The number of hydrogen-bond donors (Lipinski definition) is 2. The molecule has 3 rings (SSSR count). The van der Waals surface area contributed by atoms with Crippen molar-refractivity contribution in [2.75, 3.05) is 29.0 Å². The van der Waals surface area contributed by atoms with Gasteiger partial charge in [-0.15, -0.1) is 0 Å². The third-order valence-electron chi connectivity index (χ3n) is 4.81. The molecule has 0 heterocycles. The molecule has 31 heavy (non-hydrogen) atoms. The summed E-state index contributed by atoms with van der Waals surface area (Å²) >= 11 is 0. The van der Waals surface area contributed by atoms with Crippen LogP contribution in [-0.4, -0.2) is 28.4 Å². The van der Waals surface area contributed by atoms with Crippen molar-refractivity contribution in [1.82, 2.24) is 0 Å². The third-order valence-corrected chi connectivity index (χ3v) is 6.19. The number of carbonyl (C=O) groups is 1. The Hall–Kier alpha value is -3.39. The molecule has 2 N–H and O–H groups in total. The largest absolute Gasteiger partial charge is 0.378 e. The van der Waals surface area contributed by atoms with E-state index in [4.69, 9.17) is 0 Å². The van der Waals surface area contributed by atoms with Gasteiger partial charge in [-0.05, 0) is 85.6 Å². The van der Waals surface area contributed by atoms with Crippen LogP contribution >= 0.6 is 0 Å². The molecule has 0 saturated heterocycles. The first kappa shape index (κ1) is 22.3. The van der Waals surface area contributed by atoms with E-state index in [0.29, 0.717) is 16.9 Å². The molecule has 3 aromatic carbocycles. The number of carbonyl (C=O) groups excluding carboxylic acids is 1. The van der Waals surface area contributed by atoms with Gasteiger partial charge in [0.05, 0.1) is 4.90 Å². The molecule has 0 aliphatic rings. The van der Waals surface area contributed by atoms with Crippen molar-refractivity contribution >= 4 is 33.0 Å². The predicted molar refractivity (Wildman–Crippen MR) is 122 cm³/mol. The van der Waals surface area contributed by atoms with Crippen molar-refractivity contribution in [3.63, 3.8) is 0 Å². The third kappa shape index (κ3) is 5.21. The van der Waals surface area contributed by atoms with Crippen LogP contribution in [0.3, 0.4) is 0 Å². The van der Waals surface area contributed by atoms with Gasteiger partial charge in [0.15, 0.2) is 0 Å². The molecule has 0 unspecified atom stereocenters. The standard InChI is InChI=1S/C23H24FN3O3S/c1-15-14-20(10-11-21(15)24)31(29,30)26-18-7-5-17(6-8-18)23(28)25-22-12-9-19(27(3)4)13-16(22)2/h5-14,26H,1-4H3,(H,25,28). The molecule has 0 aliphatic heterocycles. The first-order valence-corrected chi connectivity index (χ1v) is 11.0. The predicted octanol–water partition coefficient (Wildman–Crippen LogP) is 4.56. The van der Waals surface area contributed by atoms with Crippen molar-refractivity contribution in [1.29, 1.82) is 0 Å². The van der Waals surface area contributed by atoms with E-state index in [2.05, 4.69) is 10.0 Å². The first-order chi connectivity index (χ1) is 14.6. The maximum atomic E-state index is 13.4. The van der Waals surface area contributed by atoms with Gasteiger partial charge < -0.3 is 10.2 Å². The quantitative estimate of drug-likeness (QED) is 0.588. The second kappa shape index (κ2) is 8.77. The van der Waals surface area contributed by atoms with Crippen LogP contribution in [0.5, 0.6) is 0 Å². The lowest BCUT2D eigenvalue weighted by molar-refractivity contribution is 0.102. The van der Waals surface area contributed by atoms with Crippen molar-refractivity contribution in [2.24, 2.45) is 0 Å². The summed E-state index contributed by atoms with van der Waals surface area (Å²) < 4.78 is 40.9. The fraction of sp³-hybridized carbons (Fsp3) is 0.174. The fourth-order valence-electron chi connectivity index (χ4n) is 2.95. The average molecular weight is 442 g/mol. The molecule has 3 aromatic rings. The first-order valence-electron chi connectivity index (χ1n) is 9.55. The van der Waals surface area contributed by atoms with Crippen LogP contribution in [0.1, 0.15) is 21.5 Å². The number of rotatable bonds is 6. The highest BCUT2D eigenvalue weighted by Gasteiger charge is 2.16. The minimum Gasteiger partial charge on any atom is -0.378 e. The lowest BCUT2D eigenvalue weighted by atomic mass is 10.1. The van der Waals surface area contributed by atoms with Crippen LogP contribution < -0.4 is 14.9 Å². The number of sulfonamides is 1. The van der Waals surface area contributed by atoms with E-state index in [-0.39, 0.29) is 16.4 Å². The molecule has 0 spiro atoms. The summed E-state index contributed by atoms with van der Waals surface area (Å²) in [5.74, 6) is -0.773. The van der Waals surface area contributed by atoms with E-state index in [1.807, 2.05) is 44.1 Å². The lowest BCUT2D eigenvalue weighted by Crippen LogP contribution is -2.15. The Balaban J connectivity index is 1.72. The molecule has 8 heteroatoms. The number of nitrogens with zero attached hydrogens (tertiary/aromatic N) is 1. The van der Waals surface area contributed by atoms with Crippen LogP contribution in [0.2, 0.25) is 0 Å². The van der Waals surface area contributed by atoms with Gasteiger partial charge in [0.25, 0.3) is 15.9 Å². The average Bonchev–Trinajstić information content (AvgIpc) is 2.71. The second-order valence-corrected chi connectivity index (χ2v) is 9.12. The second-order valence-electron chi connectivity index (χ2n) is 7.44. The lowest BCUT2D eigenvalue weighted by Gasteiger charge is -2.15. The van der Waals surface area contributed by atoms with E-state index in [1.54, 1.807) is 0 Å². The molecular formula is C23H24FN3O3S. The van der Waals surface area contributed by atoms with Crippen molar-refractivity contribution in [2.45, 2.75) is 18.7 Å². The molecule has 0 atom stereocenters. The van der Waals surface area contributed by atoms with Crippen LogP contribution in [0.4, 0.5) is 21.5 Å². The highest BCUT2D eigenvalue weighted by Crippen LogP contribution is 2.23. The van der Waals surface area contributed by atoms with Crippen LogP contribution in [0.15, 0.2) is 65.6 Å². The minimum absolute atomic E-state index is 0.0372. The van der Waals surface area contributed by atoms with Crippen LogP contribution in [0.25, 0.3) is 0 Å². The highest BCUT2D eigenvalue weighted by atomic mass is 32.2. The SMILES string of the molecule is Cc1cc(S(=O)(=O)Nc2ccc(C(=O)Nc3ccc(N(C)C)cc3C)cc2)ccc1F. The van der Waals surface area contributed by atoms with Gasteiger partial charge >= 0.3 is 0 Å². The highest BCUT2D eigenvalue weighted by molar-refractivity contribution is 7.92. The van der Waals surface area contributed by atoms with E-state index in [1.165, 1.54) is 43.3 Å². The molecule has 0 fully saturated rings. The molecule has 1 amide bonds. The maximum Gasteiger partial charge on any atom is 0.261 e. The summed E-state index contributed by atoms with van der Waals surface area (Å²) in [5.41, 5.74) is 3.58. The summed E-state index contributed by atoms with van der Waals surface area (Å²) in [7, 11) is 0.0168. The fourth-order valence-corrected chi connectivity index (χ4v) is 4.09. The molecule has 0 bridgehead atoms. The summed E-state index contributed by atoms with van der Waals surface area (Å²) in [6.07, 6.45) is 0. The molecule has 162 valence electrons. The Morgan fingerprint density at radius 1 is 0.903 bits per heavy atom. The number of hydrogen-bond acceptors (Lipinski definition) is 4. The topological polar surface area (TPSA) is 78.5 Å². The molecular weight excluding hydrogens is 417 g/mol. The Morgan fingerprint density at radius 2 is 1.58 bits per heavy atom. The summed E-state index contributed by atoms with van der Waals surface area (Å²) in [4.78, 5) is 14.5. The Bertz CT molecular complexity index is 1220. The number of amides is 1. The molecule has 0 radical (unpaired) electrons. The van der Waals surface area contributed by atoms with Crippen molar-refractivity contribution < 1.29 is 17.6 Å². The van der Waals surface area contributed by atoms with E-state index >= 15 is 0 Å². The van der Waals surface area contributed by atoms with Crippen LogP contribution in [0, 0.1) is 19.7 Å². The maximum absolute atomic E-state index is 13.4. The van der Waals surface area contributed by atoms with Gasteiger partial charge in [0.1, 0.15) is 5.82 Å². The zero-order valence-electron chi connectivity index (χ0n) is 17.7. The Labute approximate surface area is 181 Å². The summed E-state index contributed by atoms with van der Waals surface area (Å²) in [5, 5.41) is 2.87. The zero-order valence-corrected chi connectivity index (χ0v) is 18.5. The van der Waals surface area contributed by atoms with Gasteiger partial charge in [-0.1, -0.05) is 0 Å².